The van der Waals surface area contributed by atoms with Crippen LogP contribution in [0.2, 0.25) is 0 Å². The van der Waals surface area contributed by atoms with E-state index in [1.165, 1.54) is 11.3 Å². The van der Waals surface area contributed by atoms with E-state index in [0.717, 1.165) is 22.4 Å². The van der Waals surface area contributed by atoms with Crippen LogP contribution in [0, 0.1) is 0 Å². The van der Waals surface area contributed by atoms with Crippen molar-refractivity contribution < 1.29 is 14.3 Å². The highest BCUT2D eigenvalue weighted by atomic mass is 32.1. The molecule has 0 bridgehead atoms. The van der Waals surface area contributed by atoms with Crippen molar-refractivity contribution in [3.63, 3.8) is 0 Å². The molecule has 0 unspecified atom stereocenters. The van der Waals surface area contributed by atoms with Gasteiger partial charge in [-0.15, -0.1) is 11.3 Å². The first-order valence-electron chi connectivity index (χ1n) is 6.40. The van der Waals surface area contributed by atoms with Gasteiger partial charge in [0.2, 0.25) is 0 Å². The number of furan rings is 1. The maximum atomic E-state index is 11.2. The summed E-state index contributed by atoms with van der Waals surface area (Å²) >= 11 is 1.24. The largest absolute Gasteiger partial charge is 0.477 e. The smallest absolute Gasteiger partial charge is 0.346 e. The number of anilines is 1. The Balaban J connectivity index is 1.82. The molecule has 2 heterocycles. The van der Waals surface area contributed by atoms with Crippen molar-refractivity contribution in [1.82, 2.24) is 0 Å². The van der Waals surface area contributed by atoms with Crippen molar-refractivity contribution in [2.24, 2.45) is 0 Å². The Morgan fingerprint density at radius 3 is 2.95 bits per heavy atom. The number of rotatable bonds is 5. The SMILES string of the molecule is O=C(O)c1sccc1-c1cccc(NCc2ccoc2)c1. The normalized spacial score (nSPS) is 10.5. The van der Waals surface area contributed by atoms with Crippen LogP contribution in [-0.2, 0) is 6.54 Å². The Morgan fingerprint density at radius 2 is 2.19 bits per heavy atom. The lowest BCUT2D eigenvalue weighted by molar-refractivity contribution is 0.0703. The van der Waals surface area contributed by atoms with Gasteiger partial charge in [0.25, 0.3) is 0 Å². The van der Waals surface area contributed by atoms with Gasteiger partial charge in [-0.05, 0) is 35.2 Å². The zero-order chi connectivity index (χ0) is 14.7. The van der Waals surface area contributed by atoms with Gasteiger partial charge in [0.15, 0.2) is 0 Å². The molecule has 0 saturated heterocycles. The van der Waals surface area contributed by atoms with E-state index < -0.39 is 5.97 Å². The Hall–Kier alpha value is -2.53. The molecule has 4 nitrogen and oxygen atoms in total. The van der Waals surface area contributed by atoms with E-state index in [1.54, 1.807) is 17.9 Å². The van der Waals surface area contributed by atoms with E-state index in [1.807, 2.05) is 36.4 Å². The number of thiophene rings is 1. The summed E-state index contributed by atoms with van der Waals surface area (Å²) in [6.45, 7) is 0.662. The molecule has 2 aromatic heterocycles. The lowest BCUT2D eigenvalue weighted by Gasteiger charge is -2.07. The van der Waals surface area contributed by atoms with Crippen molar-refractivity contribution >= 4 is 23.0 Å². The highest BCUT2D eigenvalue weighted by molar-refractivity contribution is 7.12. The molecule has 0 amide bonds. The maximum absolute atomic E-state index is 11.2. The van der Waals surface area contributed by atoms with Crippen LogP contribution in [0.1, 0.15) is 15.2 Å². The average Bonchev–Trinajstić information content (AvgIpc) is 3.16. The fourth-order valence-electron chi connectivity index (χ4n) is 2.10. The van der Waals surface area contributed by atoms with E-state index in [0.29, 0.717) is 11.4 Å². The third-order valence-corrected chi connectivity index (χ3v) is 4.01. The van der Waals surface area contributed by atoms with Gasteiger partial charge in [0.1, 0.15) is 4.88 Å². The minimum absolute atomic E-state index is 0.363. The zero-order valence-corrected chi connectivity index (χ0v) is 11.9. The topological polar surface area (TPSA) is 62.5 Å². The fourth-order valence-corrected chi connectivity index (χ4v) is 2.85. The summed E-state index contributed by atoms with van der Waals surface area (Å²) in [6, 6.07) is 11.5. The lowest BCUT2D eigenvalue weighted by Crippen LogP contribution is -1.98. The van der Waals surface area contributed by atoms with E-state index in [-0.39, 0.29) is 0 Å². The summed E-state index contributed by atoms with van der Waals surface area (Å²) in [7, 11) is 0. The predicted octanol–water partition coefficient (Wildman–Crippen LogP) is 4.32. The highest BCUT2D eigenvalue weighted by Crippen LogP contribution is 2.30. The van der Waals surface area contributed by atoms with Gasteiger partial charge in [-0.2, -0.15) is 0 Å². The molecule has 21 heavy (non-hydrogen) atoms. The van der Waals surface area contributed by atoms with Gasteiger partial charge in [0, 0.05) is 23.4 Å². The minimum atomic E-state index is -0.892. The molecule has 0 fully saturated rings. The Labute approximate surface area is 125 Å². The van der Waals surface area contributed by atoms with Crippen LogP contribution in [-0.4, -0.2) is 11.1 Å². The molecule has 106 valence electrons. The maximum Gasteiger partial charge on any atom is 0.346 e. The van der Waals surface area contributed by atoms with E-state index >= 15 is 0 Å². The third kappa shape index (κ3) is 2.98. The summed E-state index contributed by atoms with van der Waals surface area (Å²) in [5.74, 6) is -0.892. The molecule has 3 aromatic rings. The summed E-state index contributed by atoms with van der Waals surface area (Å²) in [4.78, 5) is 11.6. The number of carbonyl (C=O) groups is 1. The molecule has 0 aliphatic rings. The summed E-state index contributed by atoms with van der Waals surface area (Å²) in [6.07, 6.45) is 3.33. The summed E-state index contributed by atoms with van der Waals surface area (Å²) in [5, 5.41) is 14.3. The Kier molecular flexibility index (Phi) is 3.75. The second kappa shape index (κ2) is 5.85. The van der Waals surface area contributed by atoms with Gasteiger partial charge in [-0.1, -0.05) is 12.1 Å². The highest BCUT2D eigenvalue weighted by Gasteiger charge is 2.13. The quantitative estimate of drug-likeness (QED) is 0.736. The van der Waals surface area contributed by atoms with Gasteiger partial charge in [0.05, 0.1) is 12.5 Å². The van der Waals surface area contributed by atoms with Crippen molar-refractivity contribution in [2.75, 3.05) is 5.32 Å². The molecule has 0 aliphatic carbocycles. The number of aromatic carboxylic acids is 1. The minimum Gasteiger partial charge on any atom is -0.477 e. The molecule has 3 rings (SSSR count). The second-order valence-corrected chi connectivity index (χ2v) is 5.45. The predicted molar refractivity (Wildman–Crippen MR) is 82.7 cm³/mol. The van der Waals surface area contributed by atoms with Crippen LogP contribution < -0.4 is 5.32 Å². The molecule has 0 spiro atoms. The molecular weight excluding hydrogens is 286 g/mol. The van der Waals surface area contributed by atoms with Crippen molar-refractivity contribution in [3.05, 3.63) is 64.7 Å². The molecule has 1 aromatic carbocycles. The molecule has 0 aliphatic heterocycles. The first-order valence-corrected chi connectivity index (χ1v) is 7.28. The van der Waals surface area contributed by atoms with Crippen LogP contribution in [0.3, 0.4) is 0 Å². The number of hydrogen-bond acceptors (Lipinski definition) is 4. The monoisotopic (exact) mass is 299 g/mol. The molecule has 2 N–H and O–H groups in total. The van der Waals surface area contributed by atoms with Crippen molar-refractivity contribution in [2.45, 2.75) is 6.54 Å². The van der Waals surface area contributed by atoms with Gasteiger partial charge < -0.3 is 14.8 Å². The molecule has 0 radical (unpaired) electrons. The van der Waals surface area contributed by atoms with Crippen molar-refractivity contribution in [1.29, 1.82) is 0 Å². The van der Waals surface area contributed by atoms with Crippen LogP contribution in [0.15, 0.2) is 58.7 Å². The molecule has 5 heteroatoms. The first-order chi connectivity index (χ1) is 10.2. The van der Waals surface area contributed by atoms with E-state index in [2.05, 4.69) is 5.32 Å². The Bertz CT molecular complexity index is 746. The summed E-state index contributed by atoms with van der Waals surface area (Å²) in [5.41, 5.74) is 3.64. The van der Waals surface area contributed by atoms with Gasteiger partial charge in [-0.3, -0.25) is 0 Å². The Morgan fingerprint density at radius 1 is 1.29 bits per heavy atom. The molecule has 0 saturated carbocycles. The number of carboxylic acid groups (broad SMARTS) is 1. The van der Waals surface area contributed by atoms with E-state index in [9.17, 15) is 9.90 Å². The number of benzene rings is 1. The standard InChI is InChI=1S/C16H13NO3S/c18-16(19)15-14(5-7-21-15)12-2-1-3-13(8-12)17-9-11-4-6-20-10-11/h1-8,10,17H,9H2,(H,18,19). The lowest BCUT2D eigenvalue weighted by atomic mass is 10.1. The van der Waals surface area contributed by atoms with Gasteiger partial charge in [-0.25, -0.2) is 4.79 Å². The number of nitrogens with one attached hydrogen (secondary N) is 1. The second-order valence-electron chi connectivity index (χ2n) is 4.53. The first kappa shape index (κ1) is 13.5. The summed E-state index contributed by atoms with van der Waals surface area (Å²) < 4.78 is 5.02. The van der Waals surface area contributed by atoms with Crippen LogP contribution >= 0.6 is 11.3 Å². The van der Waals surface area contributed by atoms with Crippen LogP contribution in [0.4, 0.5) is 5.69 Å². The number of carboxylic acids is 1. The third-order valence-electron chi connectivity index (χ3n) is 3.11. The molecular formula is C16H13NO3S. The number of hydrogen-bond donors (Lipinski definition) is 2. The fraction of sp³-hybridized carbons (Fsp3) is 0.0625. The molecule has 0 atom stereocenters. The zero-order valence-electron chi connectivity index (χ0n) is 11.1. The van der Waals surface area contributed by atoms with Crippen molar-refractivity contribution in [3.8, 4) is 11.1 Å². The van der Waals surface area contributed by atoms with Crippen LogP contribution in [0.5, 0.6) is 0 Å². The van der Waals surface area contributed by atoms with Gasteiger partial charge >= 0.3 is 5.97 Å². The van der Waals surface area contributed by atoms with Crippen LogP contribution in [0.25, 0.3) is 11.1 Å². The van der Waals surface area contributed by atoms with E-state index in [4.69, 9.17) is 4.42 Å². The average molecular weight is 299 g/mol.